The summed E-state index contributed by atoms with van der Waals surface area (Å²) in [5.74, 6) is -0.757. The number of benzene rings is 1. The molecule has 0 bridgehead atoms. The Morgan fingerprint density at radius 1 is 1.35 bits per heavy atom. The van der Waals surface area contributed by atoms with Crippen LogP contribution in [0.25, 0.3) is 0 Å². The normalized spacial score (nSPS) is 27.0. The smallest absolute Gasteiger partial charge is 0.325 e. The van der Waals surface area contributed by atoms with E-state index in [1.165, 1.54) is 12.0 Å². The standard InChI is InChI=1S/C16H21NO3/c18-16(19)15-14-7-2-1-5-12(14)8-9-17(15)11-13-6-3-4-10-20-13/h1-2,5,7,13,15H,3-4,6,8-11H2,(H,18,19). The van der Waals surface area contributed by atoms with Crippen molar-refractivity contribution in [3.8, 4) is 0 Å². The fourth-order valence-electron chi connectivity index (χ4n) is 3.32. The molecule has 20 heavy (non-hydrogen) atoms. The first kappa shape index (κ1) is 13.6. The van der Waals surface area contributed by atoms with E-state index < -0.39 is 12.0 Å². The minimum Gasteiger partial charge on any atom is -0.480 e. The van der Waals surface area contributed by atoms with E-state index in [0.717, 1.165) is 44.5 Å². The number of ether oxygens (including phenoxy) is 1. The van der Waals surface area contributed by atoms with Gasteiger partial charge in [0, 0.05) is 19.7 Å². The lowest BCUT2D eigenvalue weighted by molar-refractivity contribution is -0.145. The van der Waals surface area contributed by atoms with Gasteiger partial charge in [-0.2, -0.15) is 0 Å². The Hall–Kier alpha value is -1.39. The van der Waals surface area contributed by atoms with Gasteiger partial charge in [-0.1, -0.05) is 24.3 Å². The number of aliphatic carboxylic acids is 1. The fraction of sp³-hybridized carbons (Fsp3) is 0.562. The minimum absolute atomic E-state index is 0.191. The van der Waals surface area contributed by atoms with Gasteiger partial charge < -0.3 is 9.84 Å². The van der Waals surface area contributed by atoms with Crippen LogP contribution in [0.1, 0.15) is 36.4 Å². The monoisotopic (exact) mass is 275 g/mol. The molecule has 3 rings (SSSR count). The lowest BCUT2D eigenvalue weighted by Gasteiger charge is -2.37. The summed E-state index contributed by atoms with van der Waals surface area (Å²) in [5.41, 5.74) is 2.11. The predicted molar refractivity (Wildman–Crippen MR) is 75.7 cm³/mol. The first-order valence-electron chi connectivity index (χ1n) is 7.42. The van der Waals surface area contributed by atoms with E-state index in [9.17, 15) is 9.90 Å². The van der Waals surface area contributed by atoms with Crippen molar-refractivity contribution in [3.05, 3.63) is 35.4 Å². The van der Waals surface area contributed by atoms with Crippen molar-refractivity contribution in [2.75, 3.05) is 19.7 Å². The highest BCUT2D eigenvalue weighted by Crippen LogP contribution is 2.30. The van der Waals surface area contributed by atoms with Crippen LogP contribution in [0.5, 0.6) is 0 Å². The summed E-state index contributed by atoms with van der Waals surface area (Å²) >= 11 is 0. The summed E-state index contributed by atoms with van der Waals surface area (Å²) in [6, 6.07) is 7.37. The summed E-state index contributed by atoms with van der Waals surface area (Å²) in [6.07, 6.45) is 4.47. The first-order valence-corrected chi connectivity index (χ1v) is 7.42. The first-order chi connectivity index (χ1) is 9.75. The number of hydrogen-bond donors (Lipinski definition) is 1. The molecule has 0 aromatic heterocycles. The van der Waals surface area contributed by atoms with Crippen molar-refractivity contribution >= 4 is 5.97 Å². The maximum atomic E-state index is 11.7. The highest BCUT2D eigenvalue weighted by Gasteiger charge is 2.34. The zero-order valence-corrected chi connectivity index (χ0v) is 11.6. The van der Waals surface area contributed by atoms with E-state index in [2.05, 4.69) is 4.90 Å². The largest absolute Gasteiger partial charge is 0.480 e. The molecule has 2 atom stereocenters. The van der Waals surface area contributed by atoms with Crippen molar-refractivity contribution < 1.29 is 14.6 Å². The van der Waals surface area contributed by atoms with Crippen LogP contribution in [0.15, 0.2) is 24.3 Å². The summed E-state index contributed by atoms with van der Waals surface area (Å²) in [7, 11) is 0. The molecule has 4 nitrogen and oxygen atoms in total. The number of carbonyl (C=O) groups is 1. The molecule has 4 heteroatoms. The van der Waals surface area contributed by atoms with Gasteiger partial charge in [0.25, 0.3) is 0 Å². The number of carboxylic acid groups (broad SMARTS) is 1. The SMILES string of the molecule is O=C(O)C1c2ccccc2CCN1CC1CCCCO1. The second-order valence-electron chi connectivity index (χ2n) is 5.67. The molecule has 2 unspecified atom stereocenters. The predicted octanol–water partition coefficient (Wildman–Crippen LogP) is 2.24. The van der Waals surface area contributed by atoms with Gasteiger partial charge in [0.05, 0.1) is 6.10 Å². The van der Waals surface area contributed by atoms with Crippen LogP contribution < -0.4 is 0 Å². The molecule has 0 amide bonds. The highest BCUT2D eigenvalue weighted by molar-refractivity contribution is 5.76. The van der Waals surface area contributed by atoms with Crippen molar-refractivity contribution in [2.45, 2.75) is 37.8 Å². The lowest BCUT2D eigenvalue weighted by Crippen LogP contribution is -2.44. The molecule has 1 N–H and O–H groups in total. The number of nitrogens with zero attached hydrogens (tertiary/aromatic N) is 1. The van der Waals surface area contributed by atoms with Gasteiger partial charge in [-0.3, -0.25) is 9.69 Å². The summed E-state index contributed by atoms with van der Waals surface area (Å²) in [5, 5.41) is 9.60. The van der Waals surface area contributed by atoms with Gasteiger partial charge >= 0.3 is 5.97 Å². The Kier molecular flexibility index (Phi) is 4.03. The number of fused-ring (bicyclic) bond motifs is 1. The van der Waals surface area contributed by atoms with Crippen molar-refractivity contribution in [1.82, 2.24) is 4.90 Å². The van der Waals surface area contributed by atoms with Crippen molar-refractivity contribution in [1.29, 1.82) is 0 Å². The molecule has 1 fully saturated rings. The van der Waals surface area contributed by atoms with E-state index in [4.69, 9.17) is 4.74 Å². The van der Waals surface area contributed by atoms with Gasteiger partial charge in [0.15, 0.2) is 0 Å². The van der Waals surface area contributed by atoms with Crippen LogP contribution in [0, 0.1) is 0 Å². The zero-order chi connectivity index (χ0) is 13.9. The lowest BCUT2D eigenvalue weighted by atomic mass is 9.92. The zero-order valence-electron chi connectivity index (χ0n) is 11.6. The molecular weight excluding hydrogens is 254 g/mol. The highest BCUT2D eigenvalue weighted by atomic mass is 16.5. The van der Waals surface area contributed by atoms with Gasteiger partial charge in [0.2, 0.25) is 0 Å². The van der Waals surface area contributed by atoms with Gasteiger partial charge in [0.1, 0.15) is 6.04 Å². The molecule has 0 spiro atoms. The number of rotatable bonds is 3. The molecule has 0 radical (unpaired) electrons. The van der Waals surface area contributed by atoms with Crippen LogP contribution in [-0.2, 0) is 16.0 Å². The van der Waals surface area contributed by atoms with E-state index in [0.29, 0.717) is 0 Å². The third-order valence-electron chi connectivity index (χ3n) is 4.33. The average molecular weight is 275 g/mol. The van der Waals surface area contributed by atoms with Crippen molar-refractivity contribution in [2.24, 2.45) is 0 Å². The third kappa shape index (κ3) is 2.72. The van der Waals surface area contributed by atoms with E-state index in [-0.39, 0.29) is 6.10 Å². The molecule has 0 aliphatic carbocycles. The van der Waals surface area contributed by atoms with Gasteiger partial charge in [-0.05, 0) is 36.8 Å². The summed E-state index contributed by atoms with van der Waals surface area (Å²) in [4.78, 5) is 13.8. The molecule has 2 heterocycles. The van der Waals surface area contributed by atoms with E-state index in [1.807, 2.05) is 24.3 Å². The second kappa shape index (κ2) is 5.94. The Morgan fingerprint density at radius 2 is 2.20 bits per heavy atom. The Morgan fingerprint density at radius 3 is 2.95 bits per heavy atom. The topological polar surface area (TPSA) is 49.8 Å². The van der Waals surface area contributed by atoms with Crippen LogP contribution >= 0.6 is 0 Å². The maximum absolute atomic E-state index is 11.7. The molecular formula is C16H21NO3. The third-order valence-corrected chi connectivity index (χ3v) is 4.33. The van der Waals surface area contributed by atoms with Crippen LogP contribution in [0.4, 0.5) is 0 Å². The van der Waals surface area contributed by atoms with E-state index >= 15 is 0 Å². The van der Waals surface area contributed by atoms with Crippen LogP contribution in [-0.4, -0.2) is 41.8 Å². The van der Waals surface area contributed by atoms with E-state index in [1.54, 1.807) is 0 Å². The molecule has 0 saturated carbocycles. The average Bonchev–Trinajstić information content (AvgIpc) is 2.47. The molecule has 1 aromatic carbocycles. The number of carboxylic acids is 1. The minimum atomic E-state index is -0.757. The molecule has 1 saturated heterocycles. The van der Waals surface area contributed by atoms with Crippen molar-refractivity contribution in [3.63, 3.8) is 0 Å². The Balaban J connectivity index is 1.79. The maximum Gasteiger partial charge on any atom is 0.325 e. The second-order valence-corrected chi connectivity index (χ2v) is 5.67. The summed E-state index contributed by atoms with van der Waals surface area (Å²) in [6.45, 7) is 2.34. The van der Waals surface area contributed by atoms with Gasteiger partial charge in [-0.25, -0.2) is 0 Å². The quantitative estimate of drug-likeness (QED) is 0.919. The Labute approximate surface area is 119 Å². The molecule has 1 aromatic rings. The molecule has 108 valence electrons. The number of hydrogen-bond acceptors (Lipinski definition) is 3. The summed E-state index contributed by atoms with van der Waals surface area (Å²) < 4.78 is 5.76. The van der Waals surface area contributed by atoms with Gasteiger partial charge in [-0.15, -0.1) is 0 Å². The molecule has 2 aliphatic rings. The van der Waals surface area contributed by atoms with Crippen LogP contribution in [0.3, 0.4) is 0 Å². The molecule has 2 aliphatic heterocycles. The van der Waals surface area contributed by atoms with Crippen LogP contribution in [0.2, 0.25) is 0 Å². The Bertz CT molecular complexity index is 482. The fourth-order valence-corrected chi connectivity index (χ4v) is 3.32.